The van der Waals surface area contributed by atoms with E-state index in [0.29, 0.717) is 0 Å². The lowest BCUT2D eigenvalue weighted by Gasteiger charge is -2.38. The quantitative estimate of drug-likeness (QED) is 0.300. The van der Waals surface area contributed by atoms with Gasteiger partial charge in [0.2, 0.25) is 0 Å². The molecule has 24 heavy (non-hydrogen) atoms. The van der Waals surface area contributed by atoms with Crippen LogP contribution >= 0.6 is 0 Å². The van der Waals surface area contributed by atoms with E-state index in [1.807, 2.05) is 0 Å². The summed E-state index contributed by atoms with van der Waals surface area (Å²) in [4.78, 5) is 0. The van der Waals surface area contributed by atoms with Crippen LogP contribution < -0.4 is 0 Å². The molecule has 0 N–H and O–H groups in total. The van der Waals surface area contributed by atoms with Crippen LogP contribution in [-0.2, 0) is 0 Å². The van der Waals surface area contributed by atoms with Crippen molar-refractivity contribution in [2.24, 2.45) is 5.92 Å². The number of hydrogen-bond acceptors (Lipinski definition) is 0. The molecule has 1 aliphatic carbocycles. The van der Waals surface area contributed by atoms with Gasteiger partial charge in [0.05, 0.1) is 16.1 Å². The van der Waals surface area contributed by atoms with E-state index in [1.54, 1.807) is 5.57 Å². The molecule has 0 spiro atoms. The minimum Gasteiger partial charge on any atom is -0.100 e. The van der Waals surface area contributed by atoms with Crippen molar-refractivity contribution < 1.29 is 0 Å². The lowest BCUT2D eigenvalue weighted by atomic mass is 9.87. The smallest absolute Gasteiger partial charge is 0.0545 e. The van der Waals surface area contributed by atoms with Gasteiger partial charge in [-0.05, 0) is 55.8 Å². The zero-order valence-corrected chi connectivity index (χ0v) is 20.0. The fourth-order valence-electron chi connectivity index (χ4n) is 4.92. The van der Waals surface area contributed by atoms with Gasteiger partial charge >= 0.3 is 0 Å². The van der Waals surface area contributed by atoms with Gasteiger partial charge in [-0.1, -0.05) is 76.5 Å². The Morgan fingerprint density at radius 1 is 1.12 bits per heavy atom. The van der Waals surface area contributed by atoms with Gasteiger partial charge in [0, 0.05) is 0 Å². The highest BCUT2D eigenvalue weighted by atomic mass is 28.3. The molecular weight excluding hydrogens is 320 g/mol. The van der Waals surface area contributed by atoms with Crippen molar-refractivity contribution in [2.75, 3.05) is 0 Å². The van der Waals surface area contributed by atoms with Crippen LogP contribution in [0.4, 0.5) is 0 Å². The van der Waals surface area contributed by atoms with Crippen molar-refractivity contribution in [3.05, 3.63) is 23.8 Å². The van der Waals surface area contributed by atoms with Crippen LogP contribution in [-0.4, -0.2) is 16.1 Å². The molecule has 3 unspecified atom stereocenters. The fourth-order valence-corrected chi connectivity index (χ4v) is 11.7. The second-order valence-electron chi connectivity index (χ2n) is 10.2. The van der Waals surface area contributed by atoms with Gasteiger partial charge in [-0.2, -0.15) is 0 Å². The largest absolute Gasteiger partial charge is 0.100 e. The normalized spacial score (nSPS) is 24.8. The molecule has 1 fully saturated rings. The first-order valence-electron chi connectivity index (χ1n) is 10.3. The molecule has 2 heteroatoms. The summed E-state index contributed by atoms with van der Waals surface area (Å²) in [7, 11) is -2.25. The fraction of sp³-hybridized carbons (Fsp3) is 0.818. The van der Waals surface area contributed by atoms with Gasteiger partial charge in [0.1, 0.15) is 0 Å². The topological polar surface area (TPSA) is 0 Å². The molecule has 0 nitrogen and oxygen atoms in total. The Balaban J connectivity index is 2.72. The minimum absolute atomic E-state index is 0.849. The van der Waals surface area contributed by atoms with E-state index < -0.39 is 16.1 Å². The number of allylic oxidation sites excluding steroid dienone is 3. The molecule has 0 aromatic rings. The Morgan fingerprint density at radius 2 is 1.75 bits per heavy atom. The predicted octanol–water partition coefficient (Wildman–Crippen LogP) is 8.29. The molecule has 1 saturated carbocycles. The third-order valence-corrected chi connectivity index (χ3v) is 15.6. The molecular formula is C22H44Si2. The van der Waals surface area contributed by atoms with Crippen LogP contribution in [0.3, 0.4) is 0 Å². The zero-order chi connectivity index (χ0) is 18.5. The van der Waals surface area contributed by atoms with Gasteiger partial charge in [0.15, 0.2) is 0 Å². The van der Waals surface area contributed by atoms with E-state index >= 15 is 0 Å². The molecule has 0 heterocycles. The summed E-state index contributed by atoms with van der Waals surface area (Å²) < 4.78 is 0. The van der Waals surface area contributed by atoms with Gasteiger partial charge in [-0.3, -0.25) is 0 Å². The Hall–Kier alpha value is -0.0862. The summed E-state index contributed by atoms with van der Waals surface area (Å²) in [6, 6.07) is 2.72. The van der Waals surface area contributed by atoms with Crippen molar-refractivity contribution in [1.29, 1.82) is 0 Å². The third-order valence-electron chi connectivity index (χ3n) is 6.78. The zero-order valence-electron chi connectivity index (χ0n) is 18.0. The molecule has 3 atom stereocenters. The summed E-state index contributed by atoms with van der Waals surface area (Å²) in [5, 5.41) is 0. The van der Waals surface area contributed by atoms with Crippen LogP contribution in [0.2, 0.25) is 49.4 Å². The average molecular weight is 365 g/mol. The second-order valence-corrected chi connectivity index (χ2v) is 20.7. The summed E-state index contributed by atoms with van der Waals surface area (Å²) in [6.45, 7) is 24.0. The molecule has 0 bridgehead atoms. The molecule has 140 valence electrons. The van der Waals surface area contributed by atoms with E-state index in [4.69, 9.17) is 0 Å². The second kappa shape index (κ2) is 9.03. The van der Waals surface area contributed by atoms with Crippen LogP contribution in [0.5, 0.6) is 0 Å². The van der Waals surface area contributed by atoms with Crippen LogP contribution in [0.15, 0.2) is 23.8 Å². The molecule has 1 rings (SSSR count). The Morgan fingerprint density at radius 3 is 2.29 bits per heavy atom. The van der Waals surface area contributed by atoms with Crippen molar-refractivity contribution in [2.45, 2.75) is 109 Å². The maximum Gasteiger partial charge on any atom is 0.0545 e. The summed E-state index contributed by atoms with van der Waals surface area (Å²) in [5.74, 6) is 0.849. The van der Waals surface area contributed by atoms with Crippen molar-refractivity contribution in [1.82, 2.24) is 0 Å². The predicted molar refractivity (Wildman–Crippen MR) is 119 cm³/mol. The highest BCUT2D eigenvalue weighted by molar-refractivity contribution is 6.79. The standard InChI is InChI=1S/C22H44Si2/c1-10-20(5)23(6,7)17-19(4)14-21-12-11-13-22(15-21)24(8,9)16-18(2)3/h14,20-22H,2,10-13,15-17H2,1,3-9H3/b19-14-. The molecule has 0 aromatic carbocycles. The van der Waals surface area contributed by atoms with Crippen LogP contribution in [0.1, 0.15) is 59.8 Å². The highest BCUT2D eigenvalue weighted by Gasteiger charge is 2.35. The summed E-state index contributed by atoms with van der Waals surface area (Å²) >= 11 is 0. The average Bonchev–Trinajstić information content (AvgIpc) is 2.44. The molecule has 1 aliphatic rings. The SMILES string of the molecule is C=C(C)C[Si](C)(C)C1CCCC(/C=C(/C)C[Si](C)(C)C(C)CC)C1. The summed E-state index contributed by atoms with van der Waals surface area (Å²) in [5.41, 5.74) is 5.03. The van der Waals surface area contributed by atoms with E-state index in [0.717, 1.165) is 17.0 Å². The first-order valence-corrected chi connectivity index (χ1v) is 16.9. The van der Waals surface area contributed by atoms with Crippen LogP contribution in [0.25, 0.3) is 0 Å². The first-order chi connectivity index (χ1) is 11.0. The van der Waals surface area contributed by atoms with Gasteiger partial charge in [-0.25, -0.2) is 0 Å². The minimum atomic E-state index is -1.15. The van der Waals surface area contributed by atoms with Crippen molar-refractivity contribution >= 4 is 16.1 Å². The van der Waals surface area contributed by atoms with E-state index in [9.17, 15) is 0 Å². The van der Waals surface area contributed by atoms with Crippen molar-refractivity contribution in [3.8, 4) is 0 Å². The molecule has 0 radical (unpaired) electrons. The van der Waals surface area contributed by atoms with E-state index in [2.05, 4.69) is 66.5 Å². The van der Waals surface area contributed by atoms with Gasteiger partial charge in [-0.15, -0.1) is 6.58 Å². The summed E-state index contributed by atoms with van der Waals surface area (Å²) in [6.07, 6.45) is 9.83. The van der Waals surface area contributed by atoms with E-state index in [1.165, 1.54) is 49.8 Å². The number of hydrogen-bond donors (Lipinski definition) is 0. The number of rotatable bonds is 8. The first kappa shape index (κ1) is 22.0. The molecule has 0 aromatic heterocycles. The highest BCUT2D eigenvalue weighted by Crippen LogP contribution is 2.43. The van der Waals surface area contributed by atoms with Gasteiger partial charge in [0.25, 0.3) is 0 Å². The molecule has 0 aliphatic heterocycles. The lowest BCUT2D eigenvalue weighted by molar-refractivity contribution is 0.409. The molecule has 0 saturated heterocycles. The Bertz CT molecular complexity index is 445. The van der Waals surface area contributed by atoms with Crippen molar-refractivity contribution in [3.63, 3.8) is 0 Å². The maximum absolute atomic E-state index is 4.19. The third kappa shape index (κ3) is 6.67. The van der Waals surface area contributed by atoms with Crippen LogP contribution in [0, 0.1) is 5.92 Å². The monoisotopic (exact) mass is 364 g/mol. The Labute approximate surface area is 155 Å². The van der Waals surface area contributed by atoms with E-state index in [-0.39, 0.29) is 0 Å². The van der Waals surface area contributed by atoms with Gasteiger partial charge < -0.3 is 0 Å². The maximum atomic E-state index is 4.19. The molecule has 0 amide bonds. The Kier molecular flexibility index (Phi) is 8.26. The lowest BCUT2D eigenvalue weighted by Crippen LogP contribution is -2.35.